The Hall–Kier alpha value is -1.55. The minimum Gasteiger partial charge on any atom is -0.467 e. The summed E-state index contributed by atoms with van der Waals surface area (Å²) < 4.78 is 18.0. The number of aromatic nitrogens is 4. The summed E-state index contributed by atoms with van der Waals surface area (Å²) in [5.74, 6) is 0.438. The lowest BCUT2D eigenvalue weighted by atomic mass is 9.78. The van der Waals surface area contributed by atoms with E-state index in [1.54, 1.807) is 18.0 Å². The Morgan fingerprint density at radius 3 is 2.57 bits per heavy atom. The average molecular weight is 455 g/mol. The third-order valence-corrected chi connectivity index (χ3v) is 7.78. The molecule has 1 saturated carbocycles. The molecule has 0 N–H and O–H groups in total. The number of fused-ring (bicyclic) bond motifs is 1. The molecule has 1 aliphatic rings. The quantitative estimate of drug-likeness (QED) is 0.257. The first-order valence-electron chi connectivity index (χ1n) is 10.3. The molecule has 30 heavy (non-hydrogen) atoms. The normalized spacial score (nSPS) is 22.4. The summed E-state index contributed by atoms with van der Waals surface area (Å²) in [6.45, 7) is 8.00. The molecule has 166 valence electrons. The largest absolute Gasteiger partial charge is 0.467 e. The first kappa shape index (κ1) is 23.1. The first-order valence-corrected chi connectivity index (χ1v) is 14.4. The fourth-order valence-electron chi connectivity index (χ4n) is 3.76. The Morgan fingerprint density at radius 1 is 1.27 bits per heavy atom. The predicted octanol–water partition coefficient (Wildman–Crippen LogP) is 4.01. The summed E-state index contributed by atoms with van der Waals surface area (Å²) in [6, 6.07) is 1.09. The van der Waals surface area contributed by atoms with Crippen LogP contribution in [0.1, 0.15) is 37.4 Å². The number of carbonyl (C=O) groups excluding carboxylic acids is 1. The molecular formula is C20H31ClN4O4Si. The SMILES string of the molecule is COC(=O)C1(OC)CCC(c2nc(Cl)c3cnn(COCC[Si](C)(C)C)c3n2)CC1. The second-order valence-electron chi connectivity index (χ2n) is 9.07. The van der Waals surface area contributed by atoms with Gasteiger partial charge in [0.25, 0.3) is 0 Å². The molecule has 0 atom stereocenters. The zero-order valence-electron chi connectivity index (χ0n) is 18.4. The Labute approximate surface area is 183 Å². The predicted molar refractivity (Wildman–Crippen MR) is 117 cm³/mol. The first-order chi connectivity index (χ1) is 14.2. The molecule has 8 nitrogen and oxygen atoms in total. The Kier molecular flexibility index (Phi) is 7.16. The zero-order chi connectivity index (χ0) is 21.9. The molecule has 1 aliphatic carbocycles. The molecule has 0 unspecified atom stereocenters. The van der Waals surface area contributed by atoms with Crippen molar-refractivity contribution in [1.82, 2.24) is 19.7 Å². The van der Waals surface area contributed by atoms with Gasteiger partial charge >= 0.3 is 5.97 Å². The van der Waals surface area contributed by atoms with Gasteiger partial charge in [0.05, 0.1) is 18.7 Å². The molecule has 3 rings (SSSR count). The molecule has 0 amide bonds. The molecule has 0 aromatic carbocycles. The second-order valence-corrected chi connectivity index (χ2v) is 15.0. The van der Waals surface area contributed by atoms with Crippen LogP contribution in [0, 0.1) is 0 Å². The smallest absolute Gasteiger partial charge is 0.338 e. The summed E-state index contributed by atoms with van der Waals surface area (Å²) in [5, 5.41) is 5.48. The summed E-state index contributed by atoms with van der Waals surface area (Å²) >= 11 is 6.43. The van der Waals surface area contributed by atoms with Gasteiger partial charge in [0.1, 0.15) is 17.7 Å². The van der Waals surface area contributed by atoms with Crippen molar-refractivity contribution in [2.24, 2.45) is 0 Å². The van der Waals surface area contributed by atoms with Crippen molar-refractivity contribution in [3.05, 3.63) is 17.2 Å². The average Bonchev–Trinajstić information content (AvgIpc) is 3.13. The van der Waals surface area contributed by atoms with E-state index < -0.39 is 13.7 Å². The molecule has 0 aliphatic heterocycles. The molecule has 2 heterocycles. The molecule has 0 bridgehead atoms. The Morgan fingerprint density at radius 2 is 1.97 bits per heavy atom. The molecule has 2 aromatic rings. The number of halogens is 1. The van der Waals surface area contributed by atoms with E-state index in [-0.39, 0.29) is 11.9 Å². The van der Waals surface area contributed by atoms with Crippen molar-refractivity contribution in [1.29, 1.82) is 0 Å². The summed E-state index contributed by atoms with van der Waals surface area (Å²) in [5.41, 5.74) is -0.208. The second kappa shape index (κ2) is 9.29. The van der Waals surface area contributed by atoms with Crippen molar-refractivity contribution >= 4 is 36.7 Å². The van der Waals surface area contributed by atoms with Crippen LogP contribution in [-0.2, 0) is 25.7 Å². The number of rotatable bonds is 8. The third-order valence-electron chi connectivity index (χ3n) is 5.78. The van der Waals surface area contributed by atoms with Crippen molar-refractivity contribution in [2.75, 3.05) is 20.8 Å². The molecule has 0 saturated heterocycles. The van der Waals surface area contributed by atoms with Crippen LogP contribution >= 0.6 is 11.6 Å². The van der Waals surface area contributed by atoms with E-state index >= 15 is 0 Å². The maximum atomic E-state index is 12.2. The van der Waals surface area contributed by atoms with E-state index in [1.807, 2.05) is 0 Å². The standard InChI is InChI=1S/C20H31ClN4O4Si/c1-27-19(26)20(28-2)8-6-14(7-9-20)17-23-16(21)15-12-22-25(18(15)24-17)13-29-10-11-30(3,4)5/h12,14H,6-11,13H2,1-5H3. The molecule has 2 aromatic heterocycles. The van der Waals surface area contributed by atoms with E-state index in [1.165, 1.54) is 7.11 Å². The van der Waals surface area contributed by atoms with E-state index in [4.69, 9.17) is 30.8 Å². The third kappa shape index (κ3) is 5.01. The highest BCUT2D eigenvalue weighted by Crippen LogP contribution is 2.40. The number of hydrogen-bond acceptors (Lipinski definition) is 7. The number of ether oxygens (including phenoxy) is 3. The van der Waals surface area contributed by atoms with Crippen LogP contribution in [-0.4, -0.2) is 60.2 Å². The van der Waals surface area contributed by atoms with Crippen LogP contribution in [0.25, 0.3) is 11.0 Å². The Bertz CT molecular complexity index is 891. The molecule has 0 spiro atoms. The van der Waals surface area contributed by atoms with Crippen LogP contribution in [0.15, 0.2) is 6.20 Å². The highest BCUT2D eigenvalue weighted by Gasteiger charge is 2.44. The lowest BCUT2D eigenvalue weighted by Gasteiger charge is -2.36. The lowest BCUT2D eigenvalue weighted by Crippen LogP contribution is -2.44. The number of esters is 1. The summed E-state index contributed by atoms with van der Waals surface area (Å²) in [6.07, 6.45) is 4.21. The fraction of sp³-hybridized carbons (Fsp3) is 0.700. The minimum absolute atomic E-state index is 0.0935. The molecule has 0 radical (unpaired) electrons. The van der Waals surface area contributed by atoms with Gasteiger partial charge in [-0.05, 0) is 31.7 Å². The van der Waals surface area contributed by atoms with E-state index in [9.17, 15) is 4.79 Å². The number of nitrogens with zero attached hydrogens (tertiary/aromatic N) is 4. The molecule has 10 heteroatoms. The maximum Gasteiger partial charge on any atom is 0.338 e. The van der Waals surface area contributed by atoms with Gasteiger partial charge in [-0.25, -0.2) is 19.4 Å². The lowest BCUT2D eigenvalue weighted by molar-refractivity contribution is -0.170. The maximum absolute atomic E-state index is 12.2. The number of carbonyl (C=O) groups is 1. The number of hydrogen-bond donors (Lipinski definition) is 0. The van der Waals surface area contributed by atoms with Gasteiger partial charge in [-0.2, -0.15) is 5.10 Å². The minimum atomic E-state index is -1.14. The van der Waals surface area contributed by atoms with Gasteiger partial charge in [-0.15, -0.1) is 0 Å². The van der Waals surface area contributed by atoms with Crippen LogP contribution < -0.4 is 0 Å². The van der Waals surface area contributed by atoms with Gasteiger partial charge in [-0.3, -0.25) is 0 Å². The Balaban J connectivity index is 1.74. The van der Waals surface area contributed by atoms with Gasteiger partial charge in [0.15, 0.2) is 11.2 Å². The highest BCUT2D eigenvalue weighted by molar-refractivity contribution is 6.76. The van der Waals surface area contributed by atoms with Crippen molar-refractivity contribution in [3.8, 4) is 0 Å². The summed E-state index contributed by atoms with van der Waals surface area (Å²) in [4.78, 5) is 21.4. The van der Waals surface area contributed by atoms with Crippen molar-refractivity contribution in [2.45, 2.75) is 69.6 Å². The fourth-order valence-corrected chi connectivity index (χ4v) is 4.74. The van der Waals surface area contributed by atoms with E-state index in [2.05, 4.69) is 29.7 Å². The van der Waals surface area contributed by atoms with Gasteiger partial charge in [-0.1, -0.05) is 31.2 Å². The van der Waals surface area contributed by atoms with Gasteiger partial charge in [0, 0.05) is 27.7 Å². The summed E-state index contributed by atoms with van der Waals surface area (Å²) in [7, 11) is 1.80. The van der Waals surface area contributed by atoms with Crippen LogP contribution in [0.3, 0.4) is 0 Å². The van der Waals surface area contributed by atoms with Crippen molar-refractivity contribution in [3.63, 3.8) is 0 Å². The van der Waals surface area contributed by atoms with Crippen LogP contribution in [0.5, 0.6) is 0 Å². The molecule has 1 fully saturated rings. The molecular weight excluding hydrogens is 424 g/mol. The number of methoxy groups -OCH3 is 2. The van der Waals surface area contributed by atoms with E-state index in [0.717, 1.165) is 6.04 Å². The van der Waals surface area contributed by atoms with Gasteiger partial charge in [0.2, 0.25) is 0 Å². The monoisotopic (exact) mass is 454 g/mol. The van der Waals surface area contributed by atoms with Gasteiger partial charge < -0.3 is 14.2 Å². The van der Waals surface area contributed by atoms with Crippen LogP contribution in [0.4, 0.5) is 0 Å². The van der Waals surface area contributed by atoms with Crippen molar-refractivity contribution < 1.29 is 19.0 Å². The van der Waals surface area contributed by atoms with E-state index in [0.29, 0.717) is 61.0 Å². The topological polar surface area (TPSA) is 88.4 Å². The van der Waals surface area contributed by atoms with Crippen LogP contribution in [0.2, 0.25) is 30.8 Å². The zero-order valence-corrected chi connectivity index (χ0v) is 20.2. The highest BCUT2D eigenvalue weighted by atomic mass is 35.5.